The molecule has 0 spiro atoms. The minimum atomic E-state index is 0.0158. The number of fused-ring (bicyclic) bond motifs is 1. The summed E-state index contributed by atoms with van der Waals surface area (Å²) in [5.74, 6) is 1.15. The summed E-state index contributed by atoms with van der Waals surface area (Å²) < 4.78 is 0. The van der Waals surface area contributed by atoms with Crippen LogP contribution in [0.2, 0.25) is 0 Å². The molecule has 3 heteroatoms. The number of carbonyl (C=O) groups excluding carboxylic acids is 2. The van der Waals surface area contributed by atoms with Crippen LogP contribution in [0.25, 0.3) is 0 Å². The van der Waals surface area contributed by atoms with Crippen molar-refractivity contribution in [2.45, 2.75) is 32.6 Å². The van der Waals surface area contributed by atoms with Crippen LogP contribution in [0.4, 0.5) is 5.69 Å². The van der Waals surface area contributed by atoms with Gasteiger partial charge in [-0.05, 0) is 50.2 Å². The lowest BCUT2D eigenvalue weighted by molar-refractivity contribution is -0.117. The number of ketones is 1. The highest BCUT2D eigenvalue weighted by Gasteiger charge is 2.52. The van der Waals surface area contributed by atoms with Crippen LogP contribution < -0.4 is 5.32 Å². The molecule has 0 heterocycles. The van der Waals surface area contributed by atoms with E-state index in [1.54, 1.807) is 12.1 Å². The monoisotopic (exact) mass is 283 g/mol. The summed E-state index contributed by atoms with van der Waals surface area (Å²) in [6, 6.07) is 7.17. The van der Waals surface area contributed by atoms with Gasteiger partial charge in [-0.1, -0.05) is 30.7 Å². The SMILES string of the molecule is CC(=O)c1cccc(NC(=O)[C@H]2[C@H]3/C=C\CCCC[C@@H]32)c1. The van der Waals surface area contributed by atoms with E-state index in [1.165, 1.54) is 19.8 Å². The summed E-state index contributed by atoms with van der Waals surface area (Å²) in [6.45, 7) is 1.54. The van der Waals surface area contributed by atoms with Gasteiger partial charge in [-0.15, -0.1) is 0 Å². The molecule has 2 aliphatic rings. The van der Waals surface area contributed by atoms with E-state index in [-0.39, 0.29) is 17.6 Å². The third-order valence-electron chi connectivity index (χ3n) is 4.59. The molecule has 1 aromatic carbocycles. The molecule has 110 valence electrons. The number of rotatable bonds is 3. The van der Waals surface area contributed by atoms with Gasteiger partial charge in [-0.25, -0.2) is 0 Å². The molecule has 3 nitrogen and oxygen atoms in total. The summed E-state index contributed by atoms with van der Waals surface area (Å²) in [6.07, 6.45) is 9.18. The van der Waals surface area contributed by atoms with Gasteiger partial charge in [0.2, 0.25) is 5.91 Å². The maximum absolute atomic E-state index is 12.4. The van der Waals surface area contributed by atoms with Gasteiger partial charge in [0.25, 0.3) is 0 Å². The van der Waals surface area contributed by atoms with Crippen molar-refractivity contribution in [2.75, 3.05) is 5.32 Å². The van der Waals surface area contributed by atoms with Gasteiger partial charge in [0, 0.05) is 17.2 Å². The minimum Gasteiger partial charge on any atom is -0.326 e. The first-order valence-electron chi connectivity index (χ1n) is 7.75. The summed E-state index contributed by atoms with van der Waals surface area (Å²) in [7, 11) is 0. The minimum absolute atomic E-state index is 0.0158. The first-order valence-corrected chi connectivity index (χ1v) is 7.75. The van der Waals surface area contributed by atoms with Gasteiger partial charge in [-0.2, -0.15) is 0 Å². The number of amides is 1. The average Bonchev–Trinajstić information content (AvgIpc) is 3.10. The first-order chi connectivity index (χ1) is 10.2. The number of Topliss-reactive ketones (excluding diaryl/α,β-unsaturated/α-hetero) is 1. The maximum atomic E-state index is 12.4. The van der Waals surface area contributed by atoms with E-state index in [2.05, 4.69) is 17.5 Å². The highest BCUT2D eigenvalue weighted by molar-refractivity contribution is 5.98. The Labute approximate surface area is 125 Å². The highest BCUT2D eigenvalue weighted by Crippen LogP contribution is 2.51. The molecule has 0 saturated heterocycles. The van der Waals surface area contributed by atoms with Crippen LogP contribution in [0.5, 0.6) is 0 Å². The highest BCUT2D eigenvalue weighted by atomic mass is 16.2. The number of carbonyl (C=O) groups is 2. The molecule has 0 unspecified atom stereocenters. The molecule has 21 heavy (non-hydrogen) atoms. The van der Waals surface area contributed by atoms with E-state index >= 15 is 0 Å². The van der Waals surface area contributed by atoms with Crippen molar-refractivity contribution in [2.24, 2.45) is 17.8 Å². The van der Waals surface area contributed by atoms with Crippen LogP contribution in [0.15, 0.2) is 36.4 Å². The Hall–Kier alpha value is -1.90. The van der Waals surface area contributed by atoms with Crippen molar-refractivity contribution in [3.05, 3.63) is 42.0 Å². The van der Waals surface area contributed by atoms with Crippen molar-refractivity contribution in [3.63, 3.8) is 0 Å². The Morgan fingerprint density at radius 3 is 2.90 bits per heavy atom. The first kappa shape index (κ1) is 14.1. The lowest BCUT2D eigenvalue weighted by Gasteiger charge is -2.06. The molecule has 0 aliphatic heterocycles. The fourth-order valence-electron chi connectivity index (χ4n) is 3.34. The van der Waals surface area contributed by atoms with Crippen molar-refractivity contribution in [1.82, 2.24) is 0 Å². The van der Waals surface area contributed by atoms with Gasteiger partial charge in [0.15, 0.2) is 5.78 Å². The molecule has 3 rings (SSSR count). The number of hydrogen-bond acceptors (Lipinski definition) is 2. The van der Waals surface area contributed by atoms with Crippen LogP contribution in [-0.2, 0) is 4.79 Å². The van der Waals surface area contributed by atoms with Gasteiger partial charge < -0.3 is 5.32 Å². The molecule has 0 aromatic heterocycles. The van der Waals surface area contributed by atoms with E-state index in [1.807, 2.05) is 12.1 Å². The third kappa shape index (κ3) is 3.07. The Morgan fingerprint density at radius 2 is 2.10 bits per heavy atom. The van der Waals surface area contributed by atoms with Gasteiger partial charge in [-0.3, -0.25) is 9.59 Å². The molecular formula is C18H21NO2. The quantitative estimate of drug-likeness (QED) is 0.677. The fourth-order valence-corrected chi connectivity index (χ4v) is 3.34. The topological polar surface area (TPSA) is 46.2 Å². The Balaban J connectivity index is 1.67. The standard InChI is InChI=1S/C18H21NO2/c1-12(20)13-7-6-8-14(11-13)19-18(21)17-15-9-4-2-3-5-10-16(15)17/h4,6-9,11,15-17H,2-3,5,10H2,1H3,(H,19,21)/b9-4-/t15-,16-,17-/m0/s1. The van der Waals surface area contributed by atoms with E-state index in [0.29, 0.717) is 17.4 Å². The molecule has 1 saturated carbocycles. The predicted molar refractivity (Wildman–Crippen MR) is 83.2 cm³/mol. The predicted octanol–water partition coefficient (Wildman–Crippen LogP) is 3.82. The Bertz CT molecular complexity index is 591. The van der Waals surface area contributed by atoms with Crippen molar-refractivity contribution in [3.8, 4) is 0 Å². The normalized spacial score (nSPS) is 28.7. The van der Waals surface area contributed by atoms with Crippen molar-refractivity contribution < 1.29 is 9.59 Å². The van der Waals surface area contributed by atoms with Gasteiger partial charge in [0.05, 0.1) is 0 Å². The van der Waals surface area contributed by atoms with Gasteiger partial charge >= 0.3 is 0 Å². The van der Waals surface area contributed by atoms with Crippen molar-refractivity contribution >= 4 is 17.4 Å². The number of hydrogen-bond donors (Lipinski definition) is 1. The summed E-state index contributed by atoms with van der Waals surface area (Å²) in [5.41, 5.74) is 1.35. The van der Waals surface area contributed by atoms with Crippen LogP contribution >= 0.6 is 0 Å². The Kier molecular flexibility index (Phi) is 3.91. The Morgan fingerprint density at radius 1 is 1.24 bits per heavy atom. The van der Waals surface area contributed by atoms with Crippen LogP contribution in [-0.4, -0.2) is 11.7 Å². The van der Waals surface area contributed by atoms with Gasteiger partial charge in [0.1, 0.15) is 0 Å². The lowest BCUT2D eigenvalue weighted by Crippen LogP contribution is -2.15. The summed E-state index contributed by atoms with van der Waals surface area (Å²) >= 11 is 0. The largest absolute Gasteiger partial charge is 0.326 e. The molecular weight excluding hydrogens is 262 g/mol. The van der Waals surface area contributed by atoms with Crippen LogP contribution in [0.3, 0.4) is 0 Å². The summed E-state index contributed by atoms with van der Waals surface area (Å²) in [4.78, 5) is 23.8. The smallest absolute Gasteiger partial charge is 0.228 e. The van der Waals surface area contributed by atoms with E-state index < -0.39 is 0 Å². The number of allylic oxidation sites excluding steroid dienone is 2. The molecule has 1 fully saturated rings. The number of nitrogens with one attached hydrogen (secondary N) is 1. The second kappa shape index (κ2) is 5.84. The molecule has 1 N–H and O–H groups in total. The molecule has 2 aliphatic carbocycles. The maximum Gasteiger partial charge on any atom is 0.228 e. The lowest BCUT2D eigenvalue weighted by atomic mass is 10.1. The summed E-state index contributed by atoms with van der Waals surface area (Å²) in [5, 5.41) is 2.97. The van der Waals surface area contributed by atoms with E-state index in [0.717, 1.165) is 18.5 Å². The third-order valence-corrected chi connectivity index (χ3v) is 4.59. The van der Waals surface area contributed by atoms with E-state index in [9.17, 15) is 9.59 Å². The molecule has 0 radical (unpaired) electrons. The van der Waals surface area contributed by atoms with Crippen LogP contribution in [0.1, 0.15) is 43.0 Å². The molecule has 1 amide bonds. The van der Waals surface area contributed by atoms with Crippen molar-refractivity contribution in [1.29, 1.82) is 0 Å². The zero-order valence-electron chi connectivity index (χ0n) is 12.3. The second-order valence-electron chi connectivity index (χ2n) is 6.11. The molecule has 0 bridgehead atoms. The zero-order valence-corrected chi connectivity index (χ0v) is 12.3. The fraction of sp³-hybridized carbons (Fsp3) is 0.444. The second-order valence-corrected chi connectivity index (χ2v) is 6.11. The zero-order chi connectivity index (χ0) is 14.8. The molecule has 1 aromatic rings. The van der Waals surface area contributed by atoms with Crippen LogP contribution in [0, 0.1) is 17.8 Å². The number of benzene rings is 1. The number of anilines is 1. The average molecular weight is 283 g/mol. The molecule has 3 atom stereocenters. The van der Waals surface area contributed by atoms with E-state index in [4.69, 9.17) is 0 Å².